The lowest BCUT2D eigenvalue weighted by Gasteiger charge is -2.12. The van der Waals surface area contributed by atoms with Crippen molar-refractivity contribution in [2.45, 2.75) is 25.9 Å². The molecule has 3 rings (SSSR count). The van der Waals surface area contributed by atoms with Gasteiger partial charge in [-0.15, -0.1) is 0 Å². The van der Waals surface area contributed by atoms with Gasteiger partial charge in [0.25, 0.3) is 17.4 Å². The molecule has 1 aliphatic rings. The zero-order valence-corrected chi connectivity index (χ0v) is 15.7. The highest BCUT2D eigenvalue weighted by Gasteiger charge is 2.37. The Balaban J connectivity index is 1.95. The predicted octanol–water partition coefficient (Wildman–Crippen LogP) is 0.814. The van der Waals surface area contributed by atoms with Crippen LogP contribution >= 0.6 is 0 Å². The number of nitrogens with zero attached hydrogens (tertiary/aromatic N) is 1. The van der Waals surface area contributed by atoms with Crippen LogP contribution in [0.25, 0.3) is 0 Å². The van der Waals surface area contributed by atoms with Crippen molar-refractivity contribution in [3.05, 3.63) is 68.9 Å². The molecule has 1 fully saturated rings. The van der Waals surface area contributed by atoms with Crippen molar-refractivity contribution in [1.29, 1.82) is 0 Å². The third-order valence-corrected chi connectivity index (χ3v) is 4.87. The summed E-state index contributed by atoms with van der Waals surface area (Å²) in [5.41, 5.74) is 0.584. The largest absolute Gasteiger partial charge is 0.396 e. The van der Waals surface area contributed by atoms with Gasteiger partial charge in [-0.25, -0.2) is 4.39 Å². The number of hydrogen-bond acceptors (Lipinski definition) is 4. The van der Waals surface area contributed by atoms with Crippen LogP contribution in [0.4, 0.5) is 4.39 Å². The van der Waals surface area contributed by atoms with Crippen molar-refractivity contribution >= 4 is 11.8 Å². The molecule has 2 amide bonds. The molecule has 28 heavy (non-hydrogen) atoms. The predicted molar refractivity (Wildman–Crippen MR) is 101 cm³/mol. The van der Waals surface area contributed by atoms with Crippen molar-refractivity contribution in [2.24, 2.45) is 5.92 Å². The first-order valence-corrected chi connectivity index (χ1v) is 8.97. The maximum absolute atomic E-state index is 13.5. The summed E-state index contributed by atoms with van der Waals surface area (Å²) < 4.78 is 14.8. The lowest BCUT2D eigenvalue weighted by atomic mass is 10.1. The number of benzene rings is 1. The number of aliphatic hydroxyl groups excluding tert-OH is 1. The average molecular weight is 387 g/mol. The Morgan fingerprint density at radius 3 is 2.64 bits per heavy atom. The zero-order chi connectivity index (χ0) is 20.4. The lowest BCUT2D eigenvalue weighted by molar-refractivity contribution is 0.0946. The monoisotopic (exact) mass is 387 g/mol. The normalized spacial score (nSPS) is 17.9. The van der Waals surface area contributed by atoms with E-state index in [1.54, 1.807) is 19.1 Å². The molecule has 1 saturated carbocycles. The van der Waals surface area contributed by atoms with Gasteiger partial charge in [-0.3, -0.25) is 14.4 Å². The number of rotatable bonds is 6. The second kappa shape index (κ2) is 7.93. The number of aliphatic hydroxyl groups is 1. The molecule has 1 aromatic heterocycles. The second-order valence-electron chi connectivity index (χ2n) is 7.00. The molecule has 148 valence electrons. The van der Waals surface area contributed by atoms with Gasteiger partial charge in [0.1, 0.15) is 11.4 Å². The topological polar surface area (TPSA) is 100 Å². The summed E-state index contributed by atoms with van der Waals surface area (Å²) in [5.74, 6) is -1.33. The van der Waals surface area contributed by atoms with E-state index in [-0.39, 0.29) is 42.1 Å². The maximum atomic E-state index is 13.5. The van der Waals surface area contributed by atoms with Gasteiger partial charge in [0.15, 0.2) is 0 Å². The van der Waals surface area contributed by atoms with E-state index in [0.717, 1.165) is 0 Å². The van der Waals surface area contributed by atoms with Crippen molar-refractivity contribution in [2.75, 3.05) is 13.7 Å². The Hall–Kier alpha value is -3.00. The van der Waals surface area contributed by atoms with Gasteiger partial charge in [0.05, 0.1) is 12.1 Å². The van der Waals surface area contributed by atoms with E-state index in [2.05, 4.69) is 10.6 Å². The van der Waals surface area contributed by atoms with Gasteiger partial charge in [0.2, 0.25) is 0 Å². The fourth-order valence-corrected chi connectivity index (χ4v) is 3.05. The molecule has 0 spiro atoms. The maximum Gasteiger partial charge on any atom is 0.263 e. The van der Waals surface area contributed by atoms with E-state index < -0.39 is 17.4 Å². The molecule has 7 nitrogen and oxygen atoms in total. The quantitative estimate of drug-likeness (QED) is 0.683. The number of amides is 2. The highest BCUT2D eigenvalue weighted by atomic mass is 19.1. The Kier molecular flexibility index (Phi) is 5.60. The molecule has 0 unspecified atom stereocenters. The second-order valence-corrected chi connectivity index (χ2v) is 7.00. The van der Waals surface area contributed by atoms with Crippen molar-refractivity contribution in [1.82, 2.24) is 15.2 Å². The van der Waals surface area contributed by atoms with Crippen LogP contribution in [0, 0.1) is 18.7 Å². The zero-order valence-electron chi connectivity index (χ0n) is 15.7. The number of aromatic nitrogens is 1. The molecule has 2 atom stereocenters. The van der Waals surface area contributed by atoms with Crippen LogP contribution in [0.3, 0.4) is 0 Å². The number of halogens is 1. The van der Waals surface area contributed by atoms with Gasteiger partial charge >= 0.3 is 0 Å². The molecule has 2 aromatic rings. The third kappa shape index (κ3) is 4.12. The van der Waals surface area contributed by atoms with E-state index >= 15 is 0 Å². The Morgan fingerprint density at radius 2 is 2.04 bits per heavy atom. The van der Waals surface area contributed by atoms with Crippen LogP contribution in [0.2, 0.25) is 0 Å². The van der Waals surface area contributed by atoms with Gasteiger partial charge in [-0.2, -0.15) is 0 Å². The molecule has 3 N–H and O–H groups in total. The first-order valence-electron chi connectivity index (χ1n) is 8.97. The van der Waals surface area contributed by atoms with E-state index in [0.29, 0.717) is 17.5 Å². The molecule has 0 bridgehead atoms. The molecule has 1 aromatic carbocycles. The minimum absolute atomic E-state index is 0.00213. The SMILES string of the molecule is CNC(=O)c1cc(C(=O)N[C@@H]2C[C@H]2CO)cn(Cc2ccc(F)c(C)c2)c1=O. The fraction of sp³-hybridized carbons (Fsp3) is 0.350. The van der Waals surface area contributed by atoms with Gasteiger partial charge < -0.3 is 20.3 Å². The first-order chi connectivity index (χ1) is 13.3. The minimum atomic E-state index is -0.594. The smallest absolute Gasteiger partial charge is 0.263 e. The number of pyridine rings is 1. The summed E-state index contributed by atoms with van der Waals surface area (Å²) in [7, 11) is 1.40. The Morgan fingerprint density at radius 1 is 1.29 bits per heavy atom. The molecule has 0 radical (unpaired) electrons. The molecule has 8 heteroatoms. The van der Waals surface area contributed by atoms with Crippen molar-refractivity contribution in [3.63, 3.8) is 0 Å². The lowest BCUT2D eigenvalue weighted by Crippen LogP contribution is -2.34. The number of carbonyl (C=O) groups excluding carboxylic acids is 2. The highest BCUT2D eigenvalue weighted by Crippen LogP contribution is 2.29. The standard InChI is InChI=1S/C20H22FN3O4/c1-11-5-12(3-4-16(11)21)8-24-9-13(6-15(20(24)28)19(27)22-2)18(26)23-17-7-14(17)10-25/h3-6,9,14,17,25H,7-8,10H2,1-2H3,(H,22,27)(H,23,26)/t14-,17+/m0/s1. The van der Waals surface area contributed by atoms with Crippen LogP contribution in [-0.4, -0.2) is 41.2 Å². The van der Waals surface area contributed by atoms with Crippen molar-refractivity contribution < 1.29 is 19.1 Å². The van der Waals surface area contributed by atoms with Gasteiger partial charge in [-0.1, -0.05) is 12.1 Å². The summed E-state index contributed by atoms with van der Waals surface area (Å²) in [4.78, 5) is 37.3. The summed E-state index contributed by atoms with van der Waals surface area (Å²) in [5, 5.41) is 14.3. The van der Waals surface area contributed by atoms with Crippen LogP contribution in [0.15, 0.2) is 35.3 Å². The Labute approximate surface area is 161 Å². The summed E-state index contributed by atoms with van der Waals surface area (Å²) in [6, 6.07) is 5.63. The number of hydrogen-bond donors (Lipinski definition) is 3. The molecule has 0 saturated heterocycles. The summed E-state index contributed by atoms with van der Waals surface area (Å²) in [6.07, 6.45) is 2.08. The van der Waals surface area contributed by atoms with Crippen molar-refractivity contribution in [3.8, 4) is 0 Å². The number of carbonyl (C=O) groups is 2. The van der Waals surface area contributed by atoms with Gasteiger partial charge in [0, 0.05) is 31.8 Å². The summed E-state index contributed by atoms with van der Waals surface area (Å²) in [6.45, 7) is 1.71. The van der Waals surface area contributed by atoms with Crippen LogP contribution in [0.5, 0.6) is 0 Å². The average Bonchev–Trinajstić information content (AvgIpc) is 3.43. The number of nitrogens with one attached hydrogen (secondary N) is 2. The van der Waals surface area contributed by atoms with E-state index in [9.17, 15) is 18.8 Å². The summed E-state index contributed by atoms with van der Waals surface area (Å²) >= 11 is 0. The molecule has 1 aliphatic carbocycles. The molecule has 0 aliphatic heterocycles. The molecular weight excluding hydrogens is 365 g/mol. The Bertz CT molecular complexity index is 986. The van der Waals surface area contributed by atoms with Crippen LogP contribution in [-0.2, 0) is 6.54 Å². The molecular formula is C20H22FN3O4. The fourth-order valence-electron chi connectivity index (χ4n) is 3.05. The highest BCUT2D eigenvalue weighted by molar-refractivity contribution is 5.99. The van der Waals surface area contributed by atoms with Gasteiger partial charge in [-0.05, 0) is 36.6 Å². The molecule has 1 heterocycles. The van der Waals surface area contributed by atoms with E-state index in [1.807, 2.05) is 0 Å². The first kappa shape index (κ1) is 19.8. The van der Waals surface area contributed by atoms with E-state index in [4.69, 9.17) is 5.11 Å². The number of aryl methyl sites for hydroxylation is 1. The third-order valence-electron chi connectivity index (χ3n) is 4.87. The minimum Gasteiger partial charge on any atom is -0.396 e. The van der Waals surface area contributed by atoms with Crippen LogP contribution in [0.1, 0.15) is 38.3 Å². The van der Waals surface area contributed by atoms with Crippen LogP contribution < -0.4 is 16.2 Å². The van der Waals surface area contributed by atoms with E-state index in [1.165, 1.54) is 29.9 Å².